The van der Waals surface area contributed by atoms with Crippen molar-refractivity contribution in [2.45, 2.75) is 38.1 Å². The van der Waals surface area contributed by atoms with Crippen molar-refractivity contribution in [2.75, 3.05) is 53.6 Å². The molecule has 1 atom stereocenters. The predicted molar refractivity (Wildman–Crippen MR) is 110 cm³/mol. The summed E-state index contributed by atoms with van der Waals surface area (Å²) in [7, 11) is 3.42. The van der Waals surface area contributed by atoms with E-state index < -0.39 is 0 Å². The number of likely N-dealkylation sites (tertiary alicyclic amines) is 1. The van der Waals surface area contributed by atoms with Crippen molar-refractivity contribution >= 4 is 35.8 Å². The molecule has 1 aliphatic carbocycles. The first-order chi connectivity index (χ1) is 11.7. The Balaban J connectivity index is 0.00000312. The van der Waals surface area contributed by atoms with E-state index in [0.717, 1.165) is 38.3 Å². The molecule has 0 aromatic heterocycles. The number of guanidine groups is 1. The van der Waals surface area contributed by atoms with Gasteiger partial charge < -0.3 is 25.0 Å². The standard InChI is InChI=1S/C17H32N4O3.HI/c1-18-17(19-8-10-24-12-11-23-2)20-15-7-9-21(13-15)16(22)14-5-3-4-6-14;/h14-15H,3-13H2,1-2H3,(H2,18,19,20);1H. The van der Waals surface area contributed by atoms with Gasteiger partial charge in [-0.2, -0.15) is 0 Å². The highest BCUT2D eigenvalue weighted by Gasteiger charge is 2.32. The molecular formula is C17H33IN4O3. The third-order valence-electron chi connectivity index (χ3n) is 4.74. The van der Waals surface area contributed by atoms with Gasteiger partial charge in [0.05, 0.1) is 19.8 Å². The Morgan fingerprint density at radius 1 is 1.20 bits per heavy atom. The Kier molecular flexibility index (Phi) is 11.4. The lowest BCUT2D eigenvalue weighted by Gasteiger charge is -2.21. The molecule has 0 aromatic rings. The molecule has 25 heavy (non-hydrogen) atoms. The van der Waals surface area contributed by atoms with E-state index in [0.29, 0.717) is 32.3 Å². The maximum atomic E-state index is 12.5. The average Bonchev–Trinajstić information content (AvgIpc) is 3.28. The summed E-state index contributed by atoms with van der Waals surface area (Å²) >= 11 is 0. The molecule has 2 rings (SSSR count). The number of carbonyl (C=O) groups excluding carboxylic acids is 1. The fourth-order valence-corrected chi connectivity index (χ4v) is 3.38. The number of methoxy groups -OCH3 is 1. The topological polar surface area (TPSA) is 75.2 Å². The second-order valence-corrected chi connectivity index (χ2v) is 6.50. The number of hydrogen-bond donors (Lipinski definition) is 2. The lowest BCUT2D eigenvalue weighted by molar-refractivity contribution is -0.134. The second-order valence-electron chi connectivity index (χ2n) is 6.50. The minimum absolute atomic E-state index is 0. The summed E-state index contributed by atoms with van der Waals surface area (Å²) in [5, 5.41) is 6.65. The van der Waals surface area contributed by atoms with Crippen molar-refractivity contribution in [3.63, 3.8) is 0 Å². The summed E-state index contributed by atoms with van der Waals surface area (Å²) in [6.07, 6.45) is 5.52. The highest BCUT2D eigenvalue weighted by molar-refractivity contribution is 14.0. The van der Waals surface area contributed by atoms with Gasteiger partial charge in [0.25, 0.3) is 0 Å². The molecule has 0 spiro atoms. The Hall–Kier alpha value is -0.610. The lowest BCUT2D eigenvalue weighted by Crippen LogP contribution is -2.46. The third kappa shape index (κ3) is 7.65. The van der Waals surface area contributed by atoms with E-state index >= 15 is 0 Å². The smallest absolute Gasteiger partial charge is 0.225 e. The van der Waals surface area contributed by atoms with E-state index in [1.807, 2.05) is 4.90 Å². The summed E-state index contributed by atoms with van der Waals surface area (Å²) in [6, 6.07) is 0.274. The molecule has 1 saturated carbocycles. The molecule has 1 amide bonds. The lowest BCUT2D eigenvalue weighted by atomic mass is 10.1. The van der Waals surface area contributed by atoms with Crippen LogP contribution in [0.25, 0.3) is 0 Å². The van der Waals surface area contributed by atoms with Gasteiger partial charge in [-0.25, -0.2) is 0 Å². The van der Waals surface area contributed by atoms with Crippen LogP contribution in [0.1, 0.15) is 32.1 Å². The van der Waals surface area contributed by atoms with Gasteiger partial charge >= 0.3 is 0 Å². The van der Waals surface area contributed by atoms with Gasteiger partial charge in [0, 0.05) is 45.8 Å². The summed E-state index contributed by atoms with van der Waals surface area (Å²) in [5.41, 5.74) is 0. The van der Waals surface area contributed by atoms with Gasteiger partial charge in [-0.15, -0.1) is 24.0 Å². The predicted octanol–water partition coefficient (Wildman–Crippen LogP) is 1.22. The highest BCUT2D eigenvalue weighted by atomic mass is 127. The zero-order valence-corrected chi connectivity index (χ0v) is 17.8. The van der Waals surface area contributed by atoms with Crippen LogP contribution in [0, 0.1) is 5.92 Å². The molecule has 7 nitrogen and oxygen atoms in total. The number of ether oxygens (including phenoxy) is 2. The Bertz CT molecular complexity index is 417. The van der Waals surface area contributed by atoms with E-state index in [2.05, 4.69) is 15.6 Å². The number of aliphatic imine (C=N–C) groups is 1. The number of hydrogen-bond acceptors (Lipinski definition) is 4. The molecule has 0 aromatic carbocycles. The molecule has 1 unspecified atom stereocenters. The number of amides is 1. The average molecular weight is 468 g/mol. The van der Waals surface area contributed by atoms with Crippen LogP contribution in [-0.2, 0) is 14.3 Å². The SMILES string of the molecule is CN=C(NCCOCCOC)NC1CCN(C(=O)C2CCCC2)C1.I. The van der Waals surface area contributed by atoms with Crippen molar-refractivity contribution in [1.82, 2.24) is 15.5 Å². The maximum absolute atomic E-state index is 12.5. The quantitative estimate of drug-likeness (QED) is 0.243. The molecule has 2 fully saturated rings. The number of nitrogens with zero attached hydrogens (tertiary/aromatic N) is 2. The highest BCUT2D eigenvalue weighted by Crippen LogP contribution is 2.27. The van der Waals surface area contributed by atoms with Crippen LogP contribution >= 0.6 is 24.0 Å². The number of nitrogens with one attached hydrogen (secondary N) is 2. The molecule has 8 heteroatoms. The fraction of sp³-hybridized carbons (Fsp3) is 0.882. The normalized spacial score (nSPS) is 21.3. The van der Waals surface area contributed by atoms with E-state index in [1.165, 1.54) is 12.8 Å². The van der Waals surface area contributed by atoms with E-state index in [4.69, 9.17) is 9.47 Å². The van der Waals surface area contributed by atoms with E-state index in [1.54, 1.807) is 14.2 Å². The van der Waals surface area contributed by atoms with Crippen LogP contribution in [-0.4, -0.2) is 76.4 Å². The molecular weight excluding hydrogens is 435 g/mol. The molecule has 1 aliphatic heterocycles. The van der Waals surface area contributed by atoms with Gasteiger partial charge in [-0.3, -0.25) is 9.79 Å². The first kappa shape index (κ1) is 22.4. The molecule has 0 bridgehead atoms. The zero-order valence-electron chi connectivity index (χ0n) is 15.5. The molecule has 1 saturated heterocycles. The van der Waals surface area contributed by atoms with Crippen LogP contribution in [0.2, 0.25) is 0 Å². The van der Waals surface area contributed by atoms with Gasteiger partial charge in [0.1, 0.15) is 0 Å². The van der Waals surface area contributed by atoms with Crippen molar-refractivity contribution in [2.24, 2.45) is 10.9 Å². The van der Waals surface area contributed by atoms with Crippen molar-refractivity contribution in [3.05, 3.63) is 0 Å². The van der Waals surface area contributed by atoms with Crippen LogP contribution in [0.5, 0.6) is 0 Å². The maximum Gasteiger partial charge on any atom is 0.225 e. The van der Waals surface area contributed by atoms with Crippen LogP contribution in [0.3, 0.4) is 0 Å². The first-order valence-corrected chi connectivity index (χ1v) is 9.07. The van der Waals surface area contributed by atoms with Gasteiger partial charge in [-0.05, 0) is 19.3 Å². The second kappa shape index (κ2) is 12.7. The fourth-order valence-electron chi connectivity index (χ4n) is 3.38. The van der Waals surface area contributed by atoms with Crippen LogP contribution in [0.15, 0.2) is 4.99 Å². The first-order valence-electron chi connectivity index (χ1n) is 9.07. The summed E-state index contributed by atoms with van der Waals surface area (Å²) in [4.78, 5) is 18.7. The summed E-state index contributed by atoms with van der Waals surface area (Å²) in [5.74, 6) is 1.39. The number of rotatable bonds is 8. The molecule has 2 N–H and O–H groups in total. The summed E-state index contributed by atoms with van der Waals surface area (Å²) < 4.78 is 10.4. The molecule has 2 aliphatic rings. The number of carbonyl (C=O) groups is 1. The molecule has 0 radical (unpaired) electrons. The van der Waals surface area contributed by atoms with Crippen molar-refractivity contribution in [3.8, 4) is 0 Å². The van der Waals surface area contributed by atoms with E-state index in [-0.39, 0.29) is 35.9 Å². The third-order valence-corrected chi connectivity index (χ3v) is 4.74. The van der Waals surface area contributed by atoms with Gasteiger partial charge in [0.15, 0.2) is 5.96 Å². The Labute approximate surface area is 168 Å². The minimum Gasteiger partial charge on any atom is -0.382 e. The van der Waals surface area contributed by atoms with E-state index in [9.17, 15) is 4.79 Å². The Morgan fingerprint density at radius 3 is 2.64 bits per heavy atom. The monoisotopic (exact) mass is 468 g/mol. The van der Waals surface area contributed by atoms with Gasteiger partial charge in [0.2, 0.25) is 5.91 Å². The van der Waals surface area contributed by atoms with Crippen LogP contribution in [0.4, 0.5) is 0 Å². The molecule has 1 heterocycles. The van der Waals surface area contributed by atoms with Gasteiger partial charge in [-0.1, -0.05) is 12.8 Å². The van der Waals surface area contributed by atoms with Crippen LogP contribution < -0.4 is 10.6 Å². The Morgan fingerprint density at radius 2 is 1.96 bits per heavy atom. The molecule has 146 valence electrons. The zero-order chi connectivity index (χ0) is 17.2. The van der Waals surface area contributed by atoms with Crippen molar-refractivity contribution in [1.29, 1.82) is 0 Å². The largest absolute Gasteiger partial charge is 0.382 e. The minimum atomic E-state index is 0. The number of halogens is 1. The summed E-state index contributed by atoms with van der Waals surface area (Å²) in [6.45, 7) is 4.15. The van der Waals surface area contributed by atoms with Crippen molar-refractivity contribution < 1.29 is 14.3 Å².